The molecule has 2 fully saturated rings. The molecule has 152 valence electrons. The Kier molecular flexibility index (Phi) is 5.83. The highest BCUT2D eigenvalue weighted by Gasteiger charge is 2.35. The molecule has 28 heavy (non-hydrogen) atoms. The normalized spacial score (nSPS) is 22.5. The number of carbonyl (C=O) groups is 1. The van der Waals surface area contributed by atoms with Crippen molar-refractivity contribution in [3.8, 4) is 0 Å². The second kappa shape index (κ2) is 8.19. The monoisotopic (exact) mass is 419 g/mol. The number of rotatable bonds is 4. The largest absolute Gasteiger partial charge is 0.339 e. The lowest BCUT2D eigenvalue weighted by atomic mass is 9.78. The van der Waals surface area contributed by atoms with Gasteiger partial charge >= 0.3 is 0 Å². The second-order valence-electron chi connectivity index (χ2n) is 8.04. The van der Waals surface area contributed by atoms with Gasteiger partial charge in [0.15, 0.2) is 5.16 Å². The van der Waals surface area contributed by atoms with Gasteiger partial charge in [0.05, 0.1) is 11.1 Å². The first-order valence-corrected chi connectivity index (χ1v) is 12.2. The van der Waals surface area contributed by atoms with Crippen molar-refractivity contribution in [3.63, 3.8) is 0 Å². The van der Waals surface area contributed by atoms with Gasteiger partial charge in [0, 0.05) is 24.0 Å². The SMILES string of the molecule is CCn1c(SCC(=O)N2CCC[C@H]3CCCC[C@H]32)nc2sc(C)c(C)c2c1=O. The minimum absolute atomic E-state index is 0.0228. The highest BCUT2D eigenvalue weighted by atomic mass is 32.2. The Labute approximate surface area is 174 Å². The van der Waals surface area contributed by atoms with E-state index in [-0.39, 0.29) is 11.5 Å². The summed E-state index contributed by atoms with van der Waals surface area (Å²) in [4.78, 5) is 34.8. The standard InChI is InChI=1S/C21H29N3O2S2/c1-4-23-20(26)18-13(2)14(3)28-19(18)22-21(23)27-12-17(25)24-11-7-9-15-8-5-6-10-16(15)24/h15-16H,4-12H2,1-3H3/t15-,16-/m1/s1. The number of nitrogens with zero attached hydrogens (tertiary/aromatic N) is 3. The maximum Gasteiger partial charge on any atom is 0.263 e. The van der Waals surface area contributed by atoms with E-state index in [1.54, 1.807) is 15.9 Å². The van der Waals surface area contributed by atoms with Gasteiger partial charge in [0.2, 0.25) is 5.91 Å². The fourth-order valence-corrected chi connectivity index (χ4v) is 6.86. The average Bonchev–Trinajstić information content (AvgIpc) is 2.99. The molecule has 2 aliphatic rings. The Morgan fingerprint density at radius 1 is 1.21 bits per heavy atom. The summed E-state index contributed by atoms with van der Waals surface area (Å²) in [6.45, 7) is 7.44. The molecule has 0 N–H and O–H groups in total. The van der Waals surface area contributed by atoms with E-state index < -0.39 is 0 Å². The Hall–Kier alpha value is -1.34. The first-order valence-electron chi connectivity index (χ1n) is 10.4. The van der Waals surface area contributed by atoms with Crippen LogP contribution in [0.25, 0.3) is 10.2 Å². The molecule has 2 aromatic heterocycles. The predicted octanol–water partition coefficient (Wildman–Crippen LogP) is 4.37. The molecule has 1 saturated carbocycles. The van der Waals surface area contributed by atoms with Crippen molar-refractivity contribution in [3.05, 3.63) is 20.8 Å². The number of fused-ring (bicyclic) bond motifs is 2. The Morgan fingerprint density at radius 2 is 1.96 bits per heavy atom. The van der Waals surface area contributed by atoms with Crippen LogP contribution in [0.2, 0.25) is 0 Å². The molecule has 1 saturated heterocycles. The molecule has 1 amide bonds. The summed E-state index contributed by atoms with van der Waals surface area (Å²) in [5, 5.41) is 1.41. The van der Waals surface area contributed by atoms with Crippen LogP contribution in [-0.2, 0) is 11.3 Å². The quantitative estimate of drug-likeness (QED) is 0.545. The van der Waals surface area contributed by atoms with Crippen LogP contribution in [0.15, 0.2) is 9.95 Å². The van der Waals surface area contributed by atoms with Crippen molar-refractivity contribution in [2.45, 2.75) is 77.0 Å². The van der Waals surface area contributed by atoms with Gasteiger partial charge in [-0.05, 0) is 57.9 Å². The molecule has 0 spiro atoms. The third kappa shape index (κ3) is 3.52. The van der Waals surface area contributed by atoms with E-state index in [4.69, 9.17) is 4.98 Å². The highest BCUT2D eigenvalue weighted by molar-refractivity contribution is 7.99. The maximum absolute atomic E-state index is 13.0. The van der Waals surface area contributed by atoms with Crippen molar-refractivity contribution < 1.29 is 4.79 Å². The molecule has 0 unspecified atom stereocenters. The minimum Gasteiger partial charge on any atom is -0.339 e. The van der Waals surface area contributed by atoms with Crippen LogP contribution in [0.4, 0.5) is 0 Å². The van der Waals surface area contributed by atoms with Gasteiger partial charge < -0.3 is 4.90 Å². The summed E-state index contributed by atoms with van der Waals surface area (Å²) < 4.78 is 1.72. The molecule has 2 aromatic rings. The van der Waals surface area contributed by atoms with E-state index in [2.05, 4.69) is 4.90 Å². The van der Waals surface area contributed by atoms with Crippen LogP contribution in [-0.4, -0.2) is 38.7 Å². The zero-order valence-corrected chi connectivity index (χ0v) is 18.6. The molecular weight excluding hydrogens is 390 g/mol. The van der Waals surface area contributed by atoms with Gasteiger partial charge in [0.25, 0.3) is 5.56 Å². The van der Waals surface area contributed by atoms with Gasteiger partial charge in [-0.15, -0.1) is 11.3 Å². The van der Waals surface area contributed by atoms with Crippen LogP contribution in [0.1, 0.15) is 55.9 Å². The highest BCUT2D eigenvalue weighted by Crippen LogP contribution is 2.36. The summed E-state index contributed by atoms with van der Waals surface area (Å²) in [6, 6.07) is 0.432. The molecule has 4 rings (SSSR count). The number of likely N-dealkylation sites (tertiary alicyclic amines) is 1. The predicted molar refractivity (Wildman–Crippen MR) is 116 cm³/mol. The number of piperidine rings is 1. The second-order valence-corrected chi connectivity index (χ2v) is 10.2. The van der Waals surface area contributed by atoms with E-state index in [9.17, 15) is 9.59 Å². The number of amides is 1. The van der Waals surface area contributed by atoms with E-state index in [0.717, 1.165) is 40.0 Å². The Balaban J connectivity index is 1.55. The average molecular weight is 420 g/mol. The summed E-state index contributed by atoms with van der Waals surface area (Å²) >= 11 is 2.99. The van der Waals surface area contributed by atoms with Crippen LogP contribution < -0.4 is 5.56 Å². The first-order chi connectivity index (χ1) is 13.5. The van der Waals surface area contributed by atoms with Crippen molar-refractivity contribution in [2.75, 3.05) is 12.3 Å². The fraction of sp³-hybridized carbons (Fsp3) is 0.667. The number of thioether (sulfide) groups is 1. The number of hydrogen-bond acceptors (Lipinski definition) is 5. The molecule has 0 bridgehead atoms. The van der Waals surface area contributed by atoms with Gasteiger partial charge in [-0.1, -0.05) is 24.6 Å². The third-order valence-electron chi connectivity index (χ3n) is 6.46. The molecule has 0 radical (unpaired) electrons. The smallest absolute Gasteiger partial charge is 0.263 e. The van der Waals surface area contributed by atoms with E-state index in [0.29, 0.717) is 29.4 Å². The summed E-state index contributed by atoms with van der Waals surface area (Å²) in [7, 11) is 0. The zero-order chi connectivity index (χ0) is 19.8. The minimum atomic E-state index is 0.0228. The lowest BCUT2D eigenvalue weighted by molar-refractivity contribution is -0.134. The maximum atomic E-state index is 13.0. The molecule has 7 heteroatoms. The zero-order valence-electron chi connectivity index (χ0n) is 17.0. The number of aromatic nitrogens is 2. The number of carbonyl (C=O) groups excluding carboxylic acids is 1. The van der Waals surface area contributed by atoms with Crippen molar-refractivity contribution >= 4 is 39.2 Å². The van der Waals surface area contributed by atoms with E-state index in [1.165, 1.54) is 37.4 Å². The topological polar surface area (TPSA) is 55.2 Å². The summed E-state index contributed by atoms with van der Waals surface area (Å²) in [6.07, 6.45) is 7.36. The van der Waals surface area contributed by atoms with Gasteiger partial charge in [-0.3, -0.25) is 14.2 Å². The Morgan fingerprint density at radius 3 is 2.75 bits per heavy atom. The molecule has 3 heterocycles. The van der Waals surface area contributed by atoms with Crippen LogP contribution >= 0.6 is 23.1 Å². The van der Waals surface area contributed by atoms with Crippen molar-refractivity contribution in [1.29, 1.82) is 0 Å². The van der Waals surface area contributed by atoms with Crippen LogP contribution in [0.5, 0.6) is 0 Å². The first kappa shape index (κ1) is 20.0. The molecular formula is C21H29N3O2S2. The lowest BCUT2D eigenvalue weighted by Gasteiger charge is -2.44. The number of thiophene rings is 1. The molecule has 2 atom stereocenters. The molecule has 5 nitrogen and oxygen atoms in total. The third-order valence-corrected chi connectivity index (χ3v) is 8.52. The number of hydrogen-bond donors (Lipinski definition) is 0. The van der Waals surface area contributed by atoms with Gasteiger partial charge in [-0.25, -0.2) is 4.98 Å². The van der Waals surface area contributed by atoms with Gasteiger partial charge in [-0.2, -0.15) is 0 Å². The summed E-state index contributed by atoms with van der Waals surface area (Å²) in [5.74, 6) is 1.26. The van der Waals surface area contributed by atoms with Crippen molar-refractivity contribution in [2.24, 2.45) is 5.92 Å². The fourth-order valence-electron chi connectivity index (χ4n) is 4.84. The lowest BCUT2D eigenvalue weighted by Crippen LogP contribution is -2.50. The van der Waals surface area contributed by atoms with Gasteiger partial charge in [0.1, 0.15) is 4.83 Å². The van der Waals surface area contributed by atoms with Crippen LogP contribution in [0.3, 0.4) is 0 Å². The molecule has 1 aliphatic carbocycles. The number of aryl methyl sites for hydroxylation is 2. The molecule has 0 aromatic carbocycles. The molecule has 1 aliphatic heterocycles. The summed E-state index contributed by atoms with van der Waals surface area (Å²) in [5.41, 5.74) is 1.05. The van der Waals surface area contributed by atoms with E-state index in [1.807, 2.05) is 20.8 Å². The van der Waals surface area contributed by atoms with E-state index >= 15 is 0 Å². The van der Waals surface area contributed by atoms with Crippen LogP contribution in [0, 0.1) is 19.8 Å². The Bertz CT molecular complexity index is 947. The van der Waals surface area contributed by atoms with Crippen molar-refractivity contribution in [1.82, 2.24) is 14.5 Å².